The van der Waals surface area contributed by atoms with Crippen LogP contribution in [0.15, 0.2) is 18.2 Å². The highest BCUT2D eigenvalue weighted by Gasteiger charge is 2.44. The van der Waals surface area contributed by atoms with Crippen molar-refractivity contribution in [2.45, 2.75) is 50.6 Å². The van der Waals surface area contributed by atoms with Gasteiger partial charge in [-0.25, -0.2) is 8.78 Å². The van der Waals surface area contributed by atoms with E-state index in [2.05, 4.69) is 0 Å². The van der Waals surface area contributed by atoms with Crippen LogP contribution >= 0.6 is 0 Å². The van der Waals surface area contributed by atoms with Crippen LogP contribution in [-0.2, 0) is 19.2 Å². The molecule has 0 spiro atoms. The van der Waals surface area contributed by atoms with Crippen molar-refractivity contribution in [3.8, 4) is 0 Å². The first-order valence-electron chi connectivity index (χ1n) is 8.24. The molecule has 0 N–H and O–H groups in total. The molecule has 1 aromatic rings. The van der Waals surface area contributed by atoms with Crippen molar-refractivity contribution in [2.75, 3.05) is 4.90 Å². The summed E-state index contributed by atoms with van der Waals surface area (Å²) in [6.45, 7) is 0. The van der Waals surface area contributed by atoms with Gasteiger partial charge in [-0.05, 0) is 25.0 Å². The van der Waals surface area contributed by atoms with Gasteiger partial charge < -0.3 is 4.90 Å². The second-order valence-corrected chi connectivity index (χ2v) is 6.38. The smallest absolute Gasteiger partial charge is 0.162 e. The molecule has 0 bridgehead atoms. The molecule has 0 aliphatic heterocycles. The summed E-state index contributed by atoms with van der Waals surface area (Å²) in [6, 6.07) is 0.236. The largest absolute Gasteiger partial charge is 0.338 e. The number of carbonyl (C=O) groups excluding carboxylic acids is 4. The Morgan fingerprint density at radius 3 is 1.56 bits per heavy atom. The molecule has 132 valence electrons. The van der Waals surface area contributed by atoms with Crippen molar-refractivity contribution < 1.29 is 28.0 Å². The van der Waals surface area contributed by atoms with Crippen LogP contribution in [0.2, 0.25) is 0 Å². The summed E-state index contributed by atoms with van der Waals surface area (Å²) in [5.41, 5.74) is -0.0129. The zero-order valence-corrected chi connectivity index (χ0v) is 13.5. The fourth-order valence-electron chi connectivity index (χ4n) is 3.49. The van der Waals surface area contributed by atoms with Crippen LogP contribution in [0.5, 0.6) is 0 Å². The van der Waals surface area contributed by atoms with Crippen molar-refractivity contribution >= 4 is 28.8 Å². The lowest BCUT2D eigenvalue weighted by Gasteiger charge is -2.39. The number of hydrogen-bond acceptors (Lipinski definition) is 5. The maximum atomic E-state index is 13.7. The topological polar surface area (TPSA) is 71.5 Å². The van der Waals surface area contributed by atoms with Crippen molar-refractivity contribution in [2.24, 2.45) is 0 Å². The standard InChI is InChI=1S/C18H17F2NO4/c19-11-8-7-10(9-12(11)20)21(17-13(22)3-1-4-14(17)23)18-15(24)5-2-6-16(18)25/h7-9,17-18H,1-6H2. The minimum Gasteiger partial charge on any atom is -0.338 e. The van der Waals surface area contributed by atoms with E-state index < -0.39 is 46.9 Å². The fraction of sp³-hybridized carbons (Fsp3) is 0.444. The Kier molecular flexibility index (Phi) is 4.74. The number of hydrogen-bond donors (Lipinski definition) is 0. The van der Waals surface area contributed by atoms with Gasteiger partial charge in [0.15, 0.2) is 34.8 Å². The zero-order chi connectivity index (χ0) is 18.1. The number of rotatable bonds is 3. The lowest BCUT2D eigenvalue weighted by Crippen LogP contribution is -2.59. The highest BCUT2D eigenvalue weighted by Crippen LogP contribution is 2.30. The molecule has 25 heavy (non-hydrogen) atoms. The van der Waals surface area contributed by atoms with E-state index in [0.717, 1.165) is 17.0 Å². The molecule has 7 heteroatoms. The van der Waals surface area contributed by atoms with Gasteiger partial charge in [0, 0.05) is 37.4 Å². The van der Waals surface area contributed by atoms with Crippen molar-refractivity contribution in [1.82, 2.24) is 0 Å². The molecule has 0 heterocycles. The van der Waals surface area contributed by atoms with E-state index in [1.54, 1.807) is 0 Å². The van der Waals surface area contributed by atoms with Gasteiger partial charge in [-0.15, -0.1) is 0 Å². The Labute approximate surface area is 143 Å². The average Bonchev–Trinajstić information content (AvgIpc) is 2.55. The van der Waals surface area contributed by atoms with Gasteiger partial charge in [0.05, 0.1) is 0 Å². The molecule has 1 aromatic carbocycles. The number of nitrogens with zero attached hydrogens (tertiary/aromatic N) is 1. The van der Waals surface area contributed by atoms with Gasteiger partial charge >= 0.3 is 0 Å². The first-order chi connectivity index (χ1) is 11.9. The quantitative estimate of drug-likeness (QED) is 0.782. The minimum atomic E-state index is -1.31. The molecule has 2 saturated carbocycles. The Balaban J connectivity index is 2.11. The van der Waals surface area contributed by atoms with Crippen LogP contribution in [0.4, 0.5) is 14.5 Å². The van der Waals surface area contributed by atoms with E-state index in [1.165, 1.54) is 6.07 Å². The van der Waals surface area contributed by atoms with Crippen LogP contribution < -0.4 is 4.90 Å². The van der Waals surface area contributed by atoms with Gasteiger partial charge in [-0.1, -0.05) is 0 Å². The highest BCUT2D eigenvalue weighted by molar-refractivity contribution is 6.17. The summed E-state index contributed by atoms with van der Waals surface area (Å²) >= 11 is 0. The van der Waals surface area contributed by atoms with Crippen LogP contribution in [0.1, 0.15) is 38.5 Å². The molecule has 0 radical (unpaired) electrons. The number of Topliss-reactive ketones (excluding diaryl/α,β-unsaturated/α-hetero) is 4. The lowest BCUT2D eigenvalue weighted by atomic mass is 9.85. The molecule has 0 aromatic heterocycles. The SMILES string of the molecule is O=C1CCCC(=O)C1N(c1ccc(F)c(F)c1)C1C(=O)CCCC1=O. The van der Waals surface area contributed by atoms with E-state index in [4.69, 9.17) is 0 Å². The third kappa shape index (κ3) is 3.23. The average molecular weight is 349 g/mol. The Morgan fingerprint density at radius 1 is 0.720 bits per heavy atom. The second kappa shape index (κ2) is 6.82. The summed E-state index contributed by atoms with van der Waals surface area (Å²) in [4.78, 5) is 50.6. The van der Waals surface area contributed by atoms with Gasteiger partial charge in [-0.2, -0.15) is 0 Å². The number of anilines is 1. The Hall–Kier alpha value is -2.44. The first kappa shape index (κ1) is 17.4. The van der Waals surface area contributed by atoms with E-state index in [0.29, 0.717) is 12.8 Å². The summed E-state index contributed by atoms with van der Waals surface area (Å²) in [5, 5.41) is 0. The summed E-state index contributed by atoms with van der Waals surface area (Å²) < 4.78 is 27.0. The predicted octanol–water partition coefficient (Wildman–Crippen LogP) is 2.15. The van der Waals surface area contributed by atoms with Crippen molar-refractivity contribution in [1.29, 1.82) is 0 Å². The van der Waals surface area contributed by atoms with Gasteiger partial charge in [0.2, 0.25) is 0 Å². The number of halogens is 2. The van der Waals surface area contributed by atoms with E-state index in [9.17, 15) is 28.0 Å². The highest BCUT2D eigenvalue weighted by atomic mass is 19.2. The maximum absolute atomic E-state index is 13.7. The molecule has 0 unspecified atom stereocenters. The molecule has 2 fully saturated rings. The molecule has 0 saturated heterocycles. The molecule has 2 aliphatic rings. The van der Waals surface area contributed by atoms with Crippen LogP contribution in [0.25, 0.3) is 0 Å². The fourth-order valence-corrected chi connectivity index (χ4v) is 3.49. The van der Waals surface area contributed by atoms with E-state index in [1.807, 2.05) is 0 Å². The van der Waals surface area contributed by atoms with Gasteiger partial charge in [0.25, 0.3) is 0 Å². The summed E-state index contributed by atoms with van der Waals surface area (Å²) in [6.07, 6.45) is 1.40. The third-order valence-electron chi connectivity index (χ3n) is 4.67. The first-order valence-corrected chi connectivity index (χ1v) is 8.24. The van der Waals surface area contributed by atoms with Crippen LogP contribution in [0.3, 0.4) is 0 Å². The number of ketones is 4. The molecular formula is C18H17F2NO4. The van der Waals surface area contributed by atoms with E-state index >= 15 is 0 Å². The molecule has 0 atom stereocenters. The summed E-state index contributed by atoms with van der Waals surface area (Å²) in [7, 11) is 0. The lowest BCUT2D eigenvalue weighted by molar-refractivity contribution is -0.133. The number of carbonyl (C=O) groups is 4. The maximum Gasteiger partial charge on any atom is 0.162 e. The molecule has 3 rings (SSSR count). The van der Waals surface area contributed by atoms with Gasteiger partial charge in [0.1, 0.15) is 12.1 Å². The molecular weight excluding hydrogens is 332 g/mol. The summed E-state index contributed by atoms with van der Waals surface area (Å²) in [5.74, 6) is -3.90. The van der Waals surface area contributed by atoms with Crippen LogP contribution in [-0.4, -0.2) is 35.2 Å². The molecule has 2 aliphatic carbocycles. The number of benzene rings is 1. The predicted molar refractivity (Wildman–Crippen MR) is 84.1 cm³/mol. The van der Waals surface area contributed by atoms with Gasteiger partial charge in [-0.3, -0.25) is 19.2 Å². The van der Waals surface area contributed by atoms with E-state index in [-0.39, 0.29) is 31.4 Å². The zero-order valence-electron chi connectivity index (χ0n) is 13.5. The molecule has 0 amide bonds. The monoisotopic (exact) mass is 349 g/mol. The Bertz CT molecular complexity index is 691. The van der Waals surface area contributed by atoms with Crippen molar-refractivity contribution in [3.63, 3.8) is 0 Å². The second-order valence-electron chi connectivity index (χ2n) is 6.38. The third-order valence-corrected chi connectivity index (χ3v) is 4.67. The van der Waals surface area contributed by atoms with Crippen molar-refractivity contribution in [3.05, 3.63) is 29.8 Å². The normalized spacial score (nSPS) is 20.2. The molecule has 5 nitrogen and oxygen atoms in total. The Morgan fingerprint density at radius 2 is 1.16 bits per heavy atom. The minimum absolute atomic E-state index is 0.0129. The van der Waals surface area contributed by atoms with Crippen LogP contribution in [0, 0.1) is 11.6 Å².